The number of aliphatic imine (C=N–C) groups is 1. The van der Waals surface area contributed by atoms with Crippen LogP contribution in [-0.4, -0.2) is 46.0 Å². The molecule has 0 saturated heterocycles. The van der Waals surface area contributed by atoms with E-state index in [2.05, 4.69) is 26.6 Å². The Morgan fingerprint density at radius 1 is 1.23 bits per heavy atom. The number of nitrogens with one attached hydrogen (secondary N) is 3. The maximum atomic E-state index is 11.6. The SMILES string of the molecule is CN=C(NCc1ccc(CS(=O)(=O)NC)cc1)NC1CCC(SC)C1.I. The van der Waals surface area contributed by atoms with E-state index in [1.54, 1.807) is 7.05 Å². The van der Waals surface area contributed by atoms with Gasteiger partial charge < -0.3 is 10.6 Å². The van der Waals surface area contributed by atoms with Gasteiger partial charge in [-0.05, 0) is 43.7 Å². The molecule has 6 nitrogen and oxygen atoms in total. The number of guanidine groups is 1. The van der Waals surface area contributed by atoms with E-state index >= 15 is 0 Å². The molecule has 0 aliphatic heterocycles. The van der Waals surface area contributed by atoms with Crippen molar-refractivity contribution in [3.8, 4) is 0 Å². The molecule has 2 atom stereocenters. The smallest absolute Gasteiger partial charge is 0.215 e. The predicted molar refractivity (Wildman–Crippen MR) is 122 cm³/mol. The highest BCUT2D eigenvalue weighted by molar-refractivity contribution is 14.0. The summed E-state index contributed by atoms with van der Waals surface area (Å²) >= 11 is 1.94. The third-order valence-electron chi connectivity index (χ3n) is 4.43. The Kier molecular flexibility index (Phi) is 10.3. The zero-order chi connectivity index (χ0) is 18.3. The van der Waals surface area contributed by atoms with Crippen LogP contribution in [0.2, 0.25) is 0 Å². The maximum absolute atomic E-state index is 11.6. The molecule has 26 heavy (non-hydrogen) atoms. The van der Waals surface area contributed by atoms with Crippen molar-refractivity contribution in [2.45, 2.75) is 42.9 Å². The van der Waals surface area contributed by atoms with E-state index in [4.69, 9.17) is 0 Å². The molecule has 2 unspecified atom stereocenters. The maximum Gasteiger partial charge on any atom is 0.215 e. The summed E-state index contributed by atoms with van der Waals surface area (Å²) in [6, 6.07) is 8.07. The highest BCUT2D eigenvalue weighted by Gasteiger charge is 2.24. The Balaban J connectivity index is 0.00000338. The van der Waals surface area contributed by atoms with E-state index in [0.717, 1.165) is 22.3 Å². The topological polar surface area (TPSA) is 82.6 Å². The summed E-state index contributed by atoms with van der Waals surface area (Å²) in [6.07, 6.45) is 5.79. The average Bonchev–Trinajstić information content (AvgIpc) is 3.07. The molecule has 0 heterocycles. The van der Waals surface area contributed by atoms with Gasteiger partial charge in [-0.25, -0.2) is 13.1 Å². The summed E-state index contributed by atoms with van der Waals surface area (Å²) in [7, 11) is -0.0234. The normalized spacial score (nSPS) is 20.5. The van der Waals surface area contributed by atoms with Crippen molar-refractivity contribution in [1.82, 2.24) is 15.4 Å². The van der Waals surface area contributed by atoms with Gasteiger partial charge in [-0.2, -0.15) is 11.8 Å². The fraction of sp³-hybridized carbons (Fsp3) is 0.588. The highest BCUT2D eigenvalue weighted by Crippen LogP contribution is 2.28. The molecule has 1 aromatic carbocycles. The quantitative estimate of drug-likeness (QED) is 0.297. The molecular formula is C17H29IN4O2S2. The molecule has 0 spiro atoms. The van der Waals surface area contributed by atoms with E-state index in [-0.39, 0.29) is 29.7 Å². The predicted octanol–water partition coefficient (Wildman–Crippen LogP) is 2.30. The zero-order valence-corrected chi connectivity index (χ0v) is 19.5. The lowest BCUT2D eigenvalue weighted by Crippen LogP contribution is -2.42. The number of hydrogen-bond donors (Lipinski definition) is 3. The number of nitrogens with zero attached hydrogens (tertiary/aromatic N) is 1. The molecule has 1 saturated carbocycles. The van der Waals surface area contributed by atoms with Gasteiger partial charge in [0.1, 0.15) is 0 Å². The first-order valence-electron chi connectivity index (χ1n) is 8.44. The van der Waals surface area contributed by atoms with Crippen molar-refractivity contribution >= 4 is 51.7 Å². The summed E-state index contributed by atoms with van der Waals surface area (Å²) in [5.41, 5.74) is 1.86. The zero-order valence-electron chi connectivity index (χ0n) is 15.5. The molecule has 1 fully saturated rings. The first-order valence-corrected chi connectivity index (χ1v) is 11.4. The molecule has 0 amide bonds. The van der Waals surface area contributed by atoms with E-state index in [1.165, 1.54) is 26.3 Å². The standard InChI is InChI=1S/C17H28N4O2S2.HI/c1-18-17(21-15-8-9-16(10-15)24-3)20-11-13-4-6-14(7-5-13)12-25(22,23)19-2;/h4-7,15-16,19H,8-12H2,1-3H3,(H2,18,20,21);1H. The van der Waals surface area contributed by atoms with Gasteiger partial charge in [0.2, 0.25) is 10.0 Å². The van der Waals surface area contributed by atoms with Crippen LogP contribution in [0.4, 0.5) is 0 Å². The second-order valence-electron chi connectivity index (χ2n) is 6.22. The Morgan fingerprint density at radius 3 is 2.42 bits per heavy atom. The molecule has 1 aliphatic carbocycles. The van der Waals surface area contributed by atoms with E-state index in [9.17, 15) is 8.42 Å². The average molecular weight is 512 g/mol. The fourth-order valence-electron chi connectivity index (χ4n) is 2.90. The van der Waals surface area contributed by atoms with Crippen molar-refractivity contribution < 1.29 is 8.42 Å². The van der Waals surface area contributed by atoms with Gasteiger partial charge in [0.25, 0.3) is 0 Å². The second kappa shape index (κ2) is 11.4. The molecule has 1 aromatic rings. The van der Waals surface area contributed by atoms with Crippen LogP contribution >= 0.6 is 35.7 Å². The highest BCUT2D eigenvalue weighted by atomic mass is 127. The molecule has 0 aromatic heterocycles. The third kappa shape index (κ3) is 7.61. The molecule has 3 N–H and O–H groups in total. The summed E-state index contributed by atoms with van der Waals surface area (Å²) < 4.78 is 25.5. The first kappa shape index (κ1) is 23.5. The minimum absolute atomic E-state index is 0. The minimum Gasteiger partial charge on any atom is -0.354 e. The van der Waals surface area contributed by atoms with E-state index in [0.29, 0.717) is 12.6 Å². The summed E-state index contributed by atoms with van der Waals surface area (Å²) in [6.45, 7) is 0.650. The molecule has 9 heteroatoms. The number of hydrogen-bond acceptors (Lipinski definition) is 4. The van der Waals surface area contributed by atoms with Crippen molar-refractivity contribution in [3.63, 3.8) is 0 Å². The van der Waals surface area contributed by atoms with E-state index < -0.39 is 10.0 Å². The second-order valence-corrected chi connectivity index (χ2v) is 9.28. The van der Waals surface area contributed by atoms with Gasteiger partial charge in [0, 0.05) is 24.9 Å². The third-order valence-corrected chi connectivity index (χ3v) is 6.86. The molecule has 1 aliphatic rings. The van der Waals surface area contributed by atoms with Crippen LogP contribution < -0.4 is 15.4 Å². The summed E-state index contributed by atoms with van der Waals surface area (Å²) in [5, 5.41) is 7.56. The van der Waals surface area contributed by atoms with Crippen molar-refractivity contribution in [2.24, 2.45) is 4.99 Å². The summed E-state index contributed by atoms with van der Waals surface area (Å²) in [4.78, 5) is 4.29. The monoisotopic (exact) mass is 512 g/mol. The molecular weight excluding hydrogens is 483 g/mol. The largest absolute Gasteiger partial charge is 0.354 e. The first-order chi connectivity index (χ1) is 12.0. The number of thioether (sulfide) groups is 1. The Morgan fingerprint density at radius 2 is 1.88 bits per heavy atom. The Hall–Kier alpha value is -0.520. The van der Waals surface area contributed by atoms with Gasteiger partial charge in [-0.15, -0.1) is 24.0 Å². The lowest BCUT2D eigenvalue weighted by molar-refractivity contribution is 0.587. The van der Waals surface area contributed by atoms with Gasteiger partial charge in [-0.3, -0.25) is 4.99 Å². The van der Waals surface area contributed by atoms with Gasteiger partial charge in [0.15, 0.2) is 5.96 Å². The van der Waals surface area contributed by atoms with Gasteiger partial charge in [0.05, 0.1) is 5.75 Å². The summed E-state index contributed by atoms with van der Waals surface area (Å²) in [5.74, 6) is 0.812. The van der Waals surface area contributed by atoms with Crippen LogP contribution in [0.25, 0.3) is 0 Å². The van der Waals surface area contributed by atoms with Crippen molar-refractivity contribution in [1.29, 1.82) is 0 Å². The Labute approximate surface area is 178 Å². The molecule has 148 valence electrons. The number of rotatable bonds is 7. The van der Waals surface area contributed by atoms with Crippen LogP contribution in [0.15, 0.2) is 29.3 Å². The van der Waals surface area contributed by atoms with Crippen LogP contribution in [0.5, 0.6) is 0 Å². The van der Waals surface area contributed by atoms with E-state index in [1.807, 2.05) is 36.0 Å². The minimum atomic E-state index is -3.23. The molecule has 0 radical (unpaired) electrons. The van der Waals surface area contributed by atoms with Crippen molar-refractivity contribution in [3.05, 3.63) is 35.4 Å². The molecule has 2 rings (SSSR count). The van der Waals surface area contributed by atoms with Gasteiger partial charge in [-0.1, -0.05) is 24.3 Å². The van der Waals surface area contributed by atoms with Crippen molar-refractivity contribution in [2.75, 3.05) is 20.4 Å². The number of halogens is 1. The van der Waals surface area contributed by atoms with Crippen LogP contribution in [0.1, 0.15) is 30.4 Å². The lowest BCUT2D eigenvalue weighted by atomic mass is 10.1. The fourth-order valence-corrected chi connectivity index (χ4v) is 4.48. The van der Waals surface area contributed by atoms with Crippen LogP contribution in [0.3, 0.4) is 0 Å². The van der Waals surface area contributed by atoms with Crippen LogP contribution in [-0.2, 0) is 22.3 Å². The number of sulfonamides is 1. The molecule has 0 bridgehead atoms. The van der Waals surface area contributed by atoms with Gasteiger partial charge >= 0.3 is 0 Å². The van der Waals surface area contributed by atoms with Crippen LogP contribution in [0, 0.1) is 0 Å². The number of benzene rings is 1. The lowest BCUT2D eigenvalue weighted by Gasteiger charge is -2.17. The Bertz CT molecular complexity index is 681.